The van der Waals surface area contributed by atoms with Gasteiger partial charge in [0, 0.05) is 17.1 Å². The third-order valence-electron chi connectivity index (χ3n) is 4.94. The Bertz CT molecular complexity index is 1260. The molecule has 0 heterocycles. The van der Waals surface area contributed by atoms with Crippen molar-refractivity contribution in [1.29, 1.82) is 0 Å². The van der Waals surface area contributed by atoms with Crippen molar-refractivity contribution in [3.63, 3.8) is 0 Å². The number of amides is 1. The van der Waals surface area contributed by atoms with Gasteiger partial charge < -0.3 is 5.32 Å². The van der Waals surface area contributed by atoms with Crippen LogP contribution < -0.4 is 9.62 Å². The Balaban J connectivity index is 2.00. The van der Waals surface area contributed by atoms with Gasteiger partial charge in [-0.1, -0.05) is 23.7 Å². The largest absolute Gasteiger partial charge is 0.350 e. The minimum atomic E-state index is -4.43. The van der Waals surface area contributed by atoms with Crippen LogP contribution in [0.3, 0.4) is 0 Å². The molecule has 33 heavy (non-hydrogen) atoms. The third kappa shape index (κ3) is 5.31. The highest BCUT2D eigenvalue weighted by Crippen LogP contribution is 2.30. The summed E-state index contributed by atoms with van der Waals surface area (Å²) in [4.78, 5) is 12.7. The molecule has 174 valence electrons. The number of hydrogen-bond acceptors (Lipinski definition) is 3. The van der Waals surface area contributed by atoms with Gasteiger partial charge in [0.05, 0.1) is 10.6 Å². The number of nitrogens with zero attached hydrogens (tertiary/aromatic N) is 1. The fourth-order valence-corrected chi connectivity index (χ4v) is 4.93. The summed E-state index contributed by atoms with van der Waals surface area (Å²) in [6.45, 7) is 2.37. The highest BCUT2D eigenvalue weighted by atomic mass is 35.5. The van der Waals surface area contributed by atoms with Crippen LogP contribution in [0.2, 0.25) is 5.02 Å². The van der Waals surface area contributed by atoms with E-state index in [4.69, 9.17) is 11.6 Å². The third-order valence-corrected chi connectivity index (χ3v) is 7.09. The smallest absolute Gasteiger partial charge is 0.265 e. The molecule has 1 N–H and O–H groups in total. The molecule has 1 atom stereocenters. The second-order valence-electron chi connectivity index (χ2n) is 7.30. The number of benzene rings is 3. The Morgan fingerprint density at radius 3 is 2.21 bits per heavy atom. The van der Waals surface area contributed by atoms with E-state index in [0.29, 0.717) is 14.9 Å². The molecule has 0 aliphatic carbocycles. The van der Waals surface area contributed by atoms with Gasteiger partial charge in [0.1, 0.15) is 23.5 Å². The van der Waals surface area contributed by atoms with Crippen molar-refractivity contribution in [2.75, 3.05) is 4.31 Å². The summed E-state index contributed by atoms with van der Waals surface area (Å²) >= 11 is 5.85. The van der Waals surface area contributed by atoms with E-state index >= 15 is 0 Å². The van der Waals surface area contributed by atoms with Crippen LogP contribution in [0.5, 0.6) is 0 Å². The Morgan fingerprint density at radius 2 is 1.61 bits per heavy atom. The number of sulfonamides is 1. The monoisotopic (exact) mass is 496 g/mol. The zero-order chi connectivity index (χ0) is 24.3. The van der Waals surface area contributed by atoms with Gasteiger partial charge in [-0.2, -0.15) is 0 Å². The van der Waals surface area contributed by atoms with Gasteiger partial charge in [-0.25, -0.2) is 21.6 Å². The molecule has 3 aromatic carbocycles. The number of carbonyl (C=O) groups is 1. The minimum absolute atomic E-state index is 0.215. The van der Waals surface area contributed by atoms with Crippen molar-refractivity contribution in [1.82, 2.24) is 5.32 Å². The summed E-state index contributed by atoms with van der Waals surface area (Å²) in [5.74, 6) is -3.47. The Kier molecular flexibility index (Phi) is 7.34. The molecule has 3 aromatic rings. The van der Waals surface area contributed by atoms with E-state index in [1.54, 1.807) is 6.92 Å². The Hall–Kier alpha value is -3.04. The summed E-state index contributed by atoms with van der Waals surface area (Å²) in [5.41, 5.74) is -0.166. The first-order chi connectivity index (χ1) is 15.5. The van der Waals surface area contributed by atoms with E-state index < -0.39 is 46.0 Å². The van der Waals surface area contributed by atoms with Crippen LogP contribution in [0.1, 0.15) is 18.1 Å². The molecule has 0 bridgehead atoms. The second-order valence-corrected chi connectivity index (χ2v) is 9.56. The molecule has 10 heteroatoms. The van der Waals surface area contributed by atoms with Crippen LogP contribution in [0.15, 0.2) is 65.6 Å². The average Bonchev–Trinajstić information content (AvgIpc) is 2.76. The standard InChI is InChI=1S/C23H20ClF3N2O3S/c1-14-6-11-21(27)22(12-14)29(33(31,32)17-9-7-16(24)8-10-17)15(2)23(30)28-13-18-19(25)4-3-5-20(18)26/h3-12,15H,13H2,1-2H3,(H,28,30). The molecule has 0 saturated carbocycles. The molecular formula is C23H20ClF3N2O3S. The summed E-state index contributed by atoms with van der Waals surface area (Å²) in [5, 5.41) is 2.62. The summed E-state index contributed by atoms with van der Waals surface area (Å²) in [6, 6.07) is 10.8. The molecule has 0 spiro atoms. The normalized spacial score (nSPS) is 12.3. The lowest BCUT2D eigenvalue weighted by Crippen LogP contribution is -2.48. The van der Waals surface area contributed by atoms with Gasteiger partial charge in [-0.15, -0.1) is 0 Å². The molecule has 0 radical (unpaired) electrons. The maximum Gasteiger partial charge on any atom is 0.265 e. The van der Waals surface area contributed by atoms with Crippen LogP contribution in [-0.2, 0) is 21.4 Å². The number of rotatable bonds is 7. The number of carbonyl (C=O) groups excluding carboxylic acids is 1. The first-order valence-electron chi connectivity index (χ1n) is 9.79. The lowest BCUT2D eigenvalue weighted by molar-refractivity contribution is -0.122. The first kappa shape index (κ1) is 24.6. The fourth-order valence-electron chi connectivity index (χ4n) is 3.19. The fraction of sp³-hybridized carbons (Fsp3) is 0.174. The van der Waals surface area contributed by atoms with Gasteiger partial charge >= 0.3 is 0 Å². The first-order valence-corrected chi connectivity index (χ1v) is 11.6. The molecule has 5 nitrogen and oxygen atoms in total. The van der Waals surface area contributed by atoms with Crippen molar-refractivity contribution in [2.24, 2.45) is 0 Å². The second kappa shape index (κ2) is 9.84. The minimum Gasteiger partial charge on any atom is -0.350 e. The topological polar surface area (TPSA) is 66.5 Å². The highest BCUT2D eigenvalue weighted by Gasteiger charge is 2.35. The van der Waals surface area contributed by atoms with Crippen molar-refractivity contribution in [2.45, 2.75) is 31.3 Å². The molecule has 0 saturated heterocycles. The number of nitrogens with one attached hydrogen (secondary N) is 1. The van der Waals surface area contributed by atoms with Gasteiger partial charge in [0.25, 0.3) is 10.0 Å². The van der Waals surface area contributed by atoms with Crippen LogP contribution >= 0.6 is 11.6 Å². The lowest BCUT2D eigenvalue weighted by atomic mass is 10.1. The zero-order valence-electron chi connectivity index (χ0n) is 17.7. The number of hydrogen-bond donors (Lipinski definition) is 1. The average molecular weight is 497 g/mol. The number of aryl methyl sites for hydroxylation is 1. The summed E-state index contributed by atoms with van der Waals surface area (Å²) < 4.78 is 70.1. The molecule has 0 aliphatic rings. The van der Waals surface area contributed by atoms with Crippen molar-refractivity contribution < 1.29 is 26.4 Å². The van der Waals surface area contributed by atoms with Gasteiger partial charge in [-0.05, 0) is 67.9 Å². The Morgan fingerprint density at radius 1 is 1.00 bits per heavy atom. The lowest BCUT2D eigenvalue weighted by Gasteiger charge is -2.30. The molecular weight excluding hydrogens is 477 g/mol. The van der Waals surface area contributed by atoms with Crippen molar-refractivity contribution in [3.8, 4) is 0 Å². The number of anilines is 1. The highest BCUT2D eigenvalue weighted by molar-refractivity contribution is 7.93. The van der Waals surface area contributed by atoms with Crippen LogP contribution in [0.25, 0.3) is 0 Å². The van der Waals surface area contributed by atoms with Gasteiger partial charge in [0.15, 0.2) is 0 Å². The molecule has 1 unspecified atom stereocenters. The molecule has 3 rings (SSSR count). The quantitative estimate of drug-likeness (QED) is 0.502. The molecule has 1 amide bonds. The zero-order valence-corrected chi connectivity index (χ0v) is 19.2. The summed E-state index contributed by atoms with van der Waals surface area (Å²) in [6.07, 6.45) is 0. The summed E-state index contributed by atoms with van der Waals surface area (Å²) in [7, 11) is -4.43. The van der Waals surface area contributed by atoms with Crippen LogP contribution in [-0.4, -0.2) is 20.4 Å². The van der Waals surface area contributed by atoms with Crippen molar-refractivity contribution >= 4 is 33.2 Å². The Labute approximate surface area is 194 Å². The molecule has 0 aliphatic heterocycles. The van der Waals surface area contributed by atoms with E-state index in [1.807, 2.05) is 0 Å². The van der Waals surface area contributed by atoms with Crippen LogP contribution in [0, 0.1) is 24.4 Å². The van der Waals surface area contributed by atoms with Gasteiger partial charge in [-0.3, -0.25) is 9.10 Å². The molecule has 0 fully saturated rings. The predicted octanol–water partition coefficient (Wildman–Crippen LogP) is 4.97. The van der Waals surface area contributed by atoms with Crippen molar-refractivity contribution in [3.05, 3.63) is 94.3 Å². The van der Waals surface area contributed by atoms with E-state index in [0.717, 1.165) is 18.2 Å². The van der Waals surface area contributed by atoms with E-state index in [9.17, 15) is 26.4 Å². The maximum atomic E-state index is 14.8. The van der Waals surface area contributed by atoms with Gasteiger partial charge in [0.2, 0.25) is 5.91 Å². The maximum absolute atomic E-state index is 14.8. The van der Waals surface area contributed by atoms with E-state index in [1.165, 1.54) is 49.4 Å². The predicted molar refractivity (Wildman–Crippen MR) is 120 cm³/mol. The molecule has 0 aromatic heterocycles. The van der Waals surface area contributed by atoms with E-state index in [2.05, 4.69) is 5.32 Å². The van der Waals surface area contributed by atoms with Crippen LogP contribution in [0.4, 0.5) is 18.9 Å². The number of halogens is 4. The SMILES string of the molecule is Cc1ccc(F)c(N(C(C)C(=O)NCc2c(F)cccc2F)S(=O)(=O)c2ccc(Cl)cc2)c1. The van der Waals surface area contributed by atoms with E-state index in [-0.39, 0.29) is 16.1 Å².